The molecular weight excluding hydrogens is 500 g/mol. The maximum Gasteiger partial charge on any atom is 0.446 e. The molecule has 0 aliphatic carbocycles. The molecule has 18 heteroatoms. The van der Waals surface area contributed by atoms with Crippen LogP contribution in [0, 0.1) is 0 Å². The molecule has 2 saturated heterocycles. The maximum absolute atomic E-state index is 12.4. The van der Waals surface area contributed by atoms with Gasteiger partial charge in [-0.3, -0.25) is 23.2 Å². The number of hydrogen-bond acceptors (Lipinski definition) is 10. The molecule has 2 atom stereocenters. The van der Waals surface area contributed by atoms with Crippen molar-refractivity contribution in [3.05, 3.63) is 29.8 Å². The number of β-lactam (4-membered cyclic amide) rings is 1. The number of nitrogens with zero attached hydrogens (tertiary/aromatic N) is 2. The zero-order chi connectivity index (χ0) is 24.1. The molecule has 15 nitrogen and oxygen atoms in total. The first-order chi connectivity index (χ1) is 14.6. The standard InChI is InChI=1S/C14H14N2O13S3/c17-12(15-6-5-9-13(15)14(18)16(9)30(19,20)21)4-2-8-1-3-10(28-31(22,23)24)11(7-8)29-32(25,26)27/h1-4,7,9,13H,5-6H2,(H,19,20,21)(H,22,23,24)(H,25,26,27)/b4-2+/t9-,13+/m1/s1. The molecule has 32 heavy (non-hydrogen) atoms. The molecule has 1 aromatic carbocycles. The molecule has 2 aliphatic rings. The molecule has 0 unspecified atom stereocenters. The van der Waals surface area contributed by atoms with Gasteiger partial charge in [0.25, 0.3) is 5.91 Å². The number of fused-ring (bicyclic) bond motifs is 1. The minimum Gasteiger partial charge on any atom is -0.358 e. The number of hydrogen-bond donors (Lipinski definition) is 3. The Morgan fingerprint density at radius 1 is 1.00 bits per heavy atom. The summed E-state index contributed by atoms with van der Waals surface area (Å²) in [6.45, 7) is 0.0223. The van der Waals surface area contributed by atoms with Gasteiger partial charge in [0, 0.05) is 12.6 Å². The van der Waals surface area contributed by atoms with E-state index in [-0.39, 0.29) is 18.5 Å². The van der Waals surface area contributed by atoms with Gasteiger partial charge in [-0.2, -0.15) is 25.3 Å². The molecule has 1 aromatic rings. The molecule has 3 N–H and O–H groups in total. The summed E-state index contributed by atoms with van der Waals surface area (Å²) in [7, 11) is -14.9. The quantitative estimate of drug-likeness (QED) is 0.218. The van der Waals surface area contributed by atoms with Gasteiger partial charge in [0.15, 0.2) is 11.5 Å². The van der Waals surface area contributed by atoms with Crippen LogP contribution in [0.4, 0.5) is 0 Å². The summed E-state index contributed by atoms with van der Waals surface area (Å²) in [4.78, 5) is 25.5. The lowest BCUT2D eigenvalue weighted by molar-refractivity contribution is -0.149. The fourth-order valence-corrected chi connectivity index (χ4v) is 4.94. The predicted molar refractivity (Wildman–Crippen MR) is 102 cm³/mol. The van der Waals surface area contributed by atoms with Crippen LogP contribution in [0.3, 0.4) is 0 Å². The fraction of sp³-hybridized carbons (Fsp3) is 0.286. The first-order valence-corrected chi connectivity index (χ1v) is 12.5. The third-order valence-corrected chi connectivity index (χ3v) is 6.17. The van der Waals surface area contributed by atoms with Crippen molar-refractivity contribution >= 4 is 49.0 Å². The first-order valence-electron chi connectivity index (χ1n) is 8.34. The Bertz CT molecular complexity index is 1320. The summed E-state index contributed by atoms with van der Waals surface area (Å²) in [6.07, 6.45) is 2.19. The lowest BCUT2D eigenvalue weighted by Gasteiger charge is -2.42. The number of carbonyl (C=O) groups excluding carboxylic acids is 2. The Labute approximate surface area is 181 Å². The lowest BCUT2D eigenvalue weighted by atomic mass is 10.0. The minimum atomic E-state index is -5.11. The number of benzene rings is 1. The summed E-state index contributed by atoms with van der Waals surface area (Å²) in [5.41, 5.74) is 0.0509. The molecule has 0 spiro atoms. The van der Waals surface area contributed by atoms with Crippen LogP contribution in [0.1, 0.15) is 12.0 Å². The van der Waals surface area contributed by atoms with Crippen molar-refractivity contribution in [1.82, 2.24) is 9.21 Å². The lowest BCUT2D eigenvalue weighted by Crippen LogP contribution is -2.68. The van der Waals surface area contributed by atoms with E-state index in [9.17, 15) is 34.8 Å². The number of carbonyl (C=O) groups is 2. The Morgan fingerprint density at radius 2 is 1.59 bits per heavy atom. The molecule has 0 aromatic heterocycles. The van der Waals surface area contributed by atoms with Crippen LogP contribution in [0.15, 0.2) is 24.3 Å². The van der Waals surface area contributed by atoms with E-state index in [1.807, 2.05) is 0 Å². The highest BCUT2D eigenvalue weighted by atomic mass is 32.3. The van der Waals surface area contributed by atoms with Gasteiger partial charge < -0.3 is 13.3 Å². The highest BCUT2D eigenvalue weighted by Gasteiger charge is 2.59. The third-order valence-electron chi connectivity index (χ3n) is 4.45. The van der Waals surface area contributed by atoms with Crippen LogP contribution in [0.25, 0.3) is 6.08 Å². The normalized spacial score (nSPS) is 21.4. The van der Waals surface area contributed by atoms with Crippen molar-refractivity contribution in [1.29, 1.82) is 0 Å². The average molecular weight is 514 g/mol. The van der Waals surface area contributed by atoms with E-state index in [4.69, 9.17) is 13.7 Å². The Hall–Kier alpha value is -2.77. The summed E-state index contributed by atoms with van der Waals surface area (Å²) < 4.78 is 101. The van der Waals surface area contributed by atoms with E-state index in [1.165, 1.54) is 0 Å². The summed E-state index contributed by atoms with van der Waals surface area (Å²) in [5, 5.41) is 0. The van der Waals surface area contributed by atoms with E-state index in [0.717, 1.165) is 35.3 Å². The summed E-state index contributed by atoms with van der Waals surface area (Å²) >= 11 is 0. The van der Waals surface area contributed by atoms with E-state index in [0.29, 0.717) is 4.31 Å². The van der Waals surface area contributed by atoms with Crippen LogP contribution in [0.5, 0.6) is 11.5 Å². The second-order valence-electron chi connectivity index (χ2n) is 6.51. The van der Waals surface area contributed by atoms with E-state index in [2.05, 4.69) is 8.37 Å². The number of amides is 2. The highest BCUT2D eigenvalue weighted by molar-refractivity contribution is 7.84. The van der Waals surface area contributed by atoms with Gasteiger partial charge in [-0.05, 0) is 30.2 Å². The molecule has 2 aliphatic heterocycles. The molecule has 176 valence electrons. The van der Waals surface area contributed by atoms with Crippen molar-refractivity contribution in [3.63, 3.8) is 0 Å². The zero-order valence-corrected chi connectivity index (χ0v) is 17.9. The highest BCUT2D eigenvalue weighted by Crippen LogP contribution is 2.36. The largest absolute Gasteiger partial charge is 0.446 e. The summed E-state index contributed by atoms with van der Waals surface area (Å²) in [6, 6.07) is 0.908. The second-order valence-corrected chi connectivity index (χ2v) is 9.84. The van der Waals surface area contributed by atoms with Crippen LogP contribution in [0.2, 0.25) is 0 Å². The van der Waals surface area contributed by atoms with Gasteiger partial charge in [0.1, 0.15) is 6.04 Å². The third kappa shape index (κ3) is 5.16. The van der Waals surface area contributed by atoms with E-state index in [1.54, 1.807) is 0 Å². The Balaban J connectivity index is 1.80. The number of rotatable bonds is 7. The van der Waals surface area contributed by atoms with Crippen LogP contribution in [-0.2, 0) is 40.7 Å². The molecule has 2 amide bonds. The first kappa shape index (κ1) is 23.9. The van der Waals surface area contributed by atoms with Gasteiger partial charge in [0.2, 0.25) is 5.91 Å². The van der Waals surface area contributed by atoms with Crippen molar-refractivity contribution in [2.24, 2.45) is 0 Å². The Morgan fingerprint density at radius 3 is 2.16 bits per heavy atom. The monoisotopic (exact) mass is 514 g/mol. The van der Waals surface area contributed by atoms with Crippen molar-refractivity contribution < 1.29 is 56.9 Å². The zero-order valence-electron chi connectivity index (χ0n) is 15.5. The van der Waals surface area contributed by atoms with Gasteiger partial charge in [-0.1, -0.05) is 6.07 Å². The number of likely N-dealkylation sites (tertiary alicyclic amines) is 1. The molecule has 2 fully saturated rings. The fourth-order valence-electron chi connectivity index (χ4n) is 3.32. The molecule has 0 bridgehead atoms. The summed E-state index contributed by atoms with van der Waals surface area (Å²) in [5.74, 6) is -3.30. The maximum atomic E-state index is 12.4. The molecule has 0 radical (unpaired) electrons. The molecule has 0 saturated carbocycles. The van der Waals surface area contributed by atoms with E-state index < -0.39 is 66.5 Å². The Kier molecular flexibility index (Phi) is 5.95. The predicted octanol–water partition coefficient (Wildman–Crippen LogP) is -1.32. The van der Waals surface area contributed by atoms with Gasteiger partial charge >= 0.3 is 31.1 Å². The van der Waals surface area contributed by atoms with Crippen LogP contribution in [-0.4, -0.2) is 78.6 Å². The van der Waals surface area contributed by atoms with Gasteiger partial charge in [-0.25, -0.2) is 4.31 Å². The topological polar surface area (TPSA) is 222 Å². The van der Waals surface area contributed by atoms with Crippen molar-refractivity contribution in [2.75, 3.05) is 6.54 Å². The van der Waals surface area contributed by atoms with Gasteiger partial charge in [0.05, 0.1) is 6.04 Å². The molecular formula is C14H14N2O13S3. The van der Waals surface area contributed by atoms with E-state index >= 15 is 0 Å². The van der Waals surface area contributed by atoms with Crippen LogP contribution >= 0.6 is 0 Å². The van der Waals surface area contributed by atoms with Crippen LogP contribution < -0.4 is 8.37 Å². The molecule has 3 rings (SSSR count). The SMILES string of the molecule is O=C(/C=C/c1ccc(OS(=O)(=O)O)c(OS(=O)(=O)O)c1)N1CC[C@@H]2[C@H]1C(=O)N2S(=O)(=O)O. The van der Waals surface area contributed by atoms with Crippen molar-refractivity contribution in [3.8, 4) is 11.5 Å². The smallest absolute Gasteiger partial charge is 0.358 e. The molecule has 2 heterocycles. The average Bonchev–Trinajstić information content (AvgIpc) is 2.96. The van der Waals surface area contributed by atoms with Gasteiger partial charge in [-0.15, -0.1) is 0 Å². The second kappa shape index (κ2) is 7.98. The minimum absolute atomic E-state index is 0.0223. The van der Waals surface area contributed by atoms with Crippen molar-refractivity contribution in [2.45, 2.75) is 18.5 Å².